The predicted molar refractivity (Wildman–Crippen MR) is 88.2 cm³/mol. The number of hydrogen-bond donors (Lipinski definition) is 1. The molecular weight excluding hydrogens is 314 g/mol. The van der Waals surface area contributed by atoms with Gasteiger partial charge in [-0.15, -0.1) is 11.3 Å². The summed E-state index contributed by atoms with van der Waals surface area (Å²) in [6.07, 6.45) is 3.79. The van der Waals surface area contributed by atoms with Crippen LogP contribution in [0.2, 0.25) is 0 Å². The zero-order chi connectivity index (χ0) is 15.8. The van der Waals surface area contributed by atoms with E-state index in [-0.39, 0.29) is 17.6 Å². The van der Waals surface area contributed by atoms with Crippen LogP contribution in [0.1, 0.15) is 22.5 Å². The Morgan fingerprint density at radius 2 is 2.39 bits per heavy atom. The molecule has 4 rings (SSSR count). The van der Waals surface area contributed by atoms with Gasteiger partial charge in [0.05, 0.1) is 16.4 Å². The van der Waals surface area contributed by atoms with Crippen LogP contribution >= 0.6 is 11.3 Å². The van der Waals surface area contributed by atoms with E-state index < -0.39 is 0 Å². The van der Waals surface area contributed by atoms with Crippen LogP contribution in [0.4, 0.5) is 0 Å². The van der Waals surface area contributed by atoms with Crippen LogP contribution in [0.5, 0.6) is 0 Å². The van der Waals surface area contributed by atoms with Crippen LogP contribution < -0.4 is 10.9 Å². The second-order valence-corrected chi connectivity index (χ2v) is 6.55. The fraction of sp³-hybridized carbons (Fsp3) is 0.312. The lowest BCUT2D eigenvalue weighted by molar-refractivity contribution is 0.0861. The van der Waals surface area contributed by atoms with E-state index in [9.17, 15) is 9.59 Å². The molecule has 0 radical (unpaired) electrons. The molecule has 1 atom stereocenters. The Bertz CT molecular complexity index is 941. The Morgan fingerprint density at radius 3 is 3.22 bits per heavy atom. The minimum atomic E-state index is -0.183. The van der Waals surface area contributed by atoms with Gasteiger partial charge in [-0.3, -0.25) is 14.0 Å². The van der Waals surface area contributed by atoms with E-state index in [0.29, 0.717) is 27.3 Å². The van der Waals surface area contributed by atoms with Crippen LogP contribution in [0.15, 0.2) is 35.3 Å². The Balaban J connectivity index is 1.65. The minimum Gasteiger partial charge on any atom is -0.376 e. The van der Waals surface area contributed by atoms with Gasteiger partial charge in [-0.2, -0.15) is 0 Å². The maximum atomic E-state index is 12.5. The molecule has 3 aromatic heterocycles. The molecule has 1 saturated heterocycles. The van der Waals surface area contributed by atoms with Crippen molar-refractivity contribution in [2.45, 2.75) is 18.9 Å². The zero-order valence-corrected chi connectivity index (χ0v) is 13.1. The second kappa shape index (κ2) is 5.75. The smallest absolute Gasteiger partial charge is 0.266 e. The minimum absolute atomic E-state index is 0.0969. The molecule has 1 aliphatic rings. The van der Waals surface area contributed by atoms with E-state index in [1.165, 1.54) is 15.7 Å². The van der Waals surface area contributed by atoms with Crippen LogP contribution in [-0.4, -0.2) is 34.5 Å². The van der Waals surface area contributed by atoms with Gasteiger partial charge in [0.15, 0.2) is 0 Å². The van der Waals surface area contributed by atoms with Crippen molar-refractivity contribution in [2.24, 2.45) is 0 Å². The average Bonchev–Trinajstić information content (AvgIpc) is 3.22. The van der Waals surface area contributed by atoms with Gasteiger partial charge < -0.3 is 10.1 Å². The molecule has 0 spiro atoms. The molecule has 0 aliphatic carbocycles. The van der Waals surface area contributed by atoms with Gasteiger partial charge >= 0.3 is 0 Å². The van der Waals surface area contributed by atoms with Gasteiger partial charge in [0.25, 0.3) is 11.5 Å². The van der Waals surface area contributed by atoms with Crippen molar-refractivity contribution in [3.63, 3.8) is 0 Å². The average molecular weight is 329 g/mol. The van der Waals surface area contributed by atoms with E-state index in [1.54, 1.807) is 24.4 Å². The first-order chi connectivity index (χ1) is 11.2. The van der Waals surface area contributed by atoms with E-state index in [1.807, 2.05) is 6.07 Å². The first-order valence-electron chi connectivity index (χ1n) is 7.53. The van der Waals surface area contributed by atoms with Gasteiger partial charge in [-0.1, -0.05) is 6.07 Å². The van der Waals surface area contributed by atoms with Gasteiger partial charge in [0.1, 0.15) is 10.5 Å². The highest BCUT2D eigenvalue weighted by molar-refractivity contribution is 7.20. The second-order valence-electron chi connectivity index (χ2n) is 5.52. The first kappa shape index (κ1) is 14.3. The molecule has 1 N–H and O–H groups in total. The largest absolute Gasteiger partial charge is 0.376 e. The predicted octanol–water partition coefficient (Wildman–Crippen LogP) is 1.82. The number of carbonyl (C=O) groups excluding carboxylic acids is 1. The molecular formula is C16H15N3O3S. The van der Waals surface area contributed by atoms with Gasteiger partial charge in [-0.25, -0.2) is 4.98 Å². The summed E-state index contributed by atoms with van der Waals surface area (Å²) in [5.74, 6) is -0.183. The quantitative estimate of drug-likeness (QED) is 0.795. The first-order valence-corrected chi connectivity index (χ1v) is 8.35. The van der Waals surface area contributed by atoms with Crippen LogP contribution in [-0.2, 0) is 4.74 Å². The molecule has 23 heavy (non-hydrogen) atoms. The topological polar surface area (TPSA) is 72.7 Å². The molecule has 1 aliphatic heterocycles. The highest BCUT2D eigenvalue weighted by Gasteiger charge is 2.18. The summed E-state index contributed by atoms with van der Waals surface area (Å²) in [7, 11) is 0. The number of carbonyl (C=O) groups is 1. The summed E-state index contributed by atoms with van der Waals surface area (Å²) in [6, 6.07) is 7.01. The fourth-order valence-corrected chi connectivity index (χ4v) is 3.70. The number of aromatic nitrogens is 2. The molecule has 1 amide bonds. The number of ether oxygens (including phenoxy) is 1. The van der Waals surface area contributed by atoms with Crippen molar-refractivity contribution in [1.82, 2.24) is 14.7 Å². The van der Waals surface area contributed by atoms with Gasteiger partial charge in [0.2, 0.25) is 0 Å². The van der Waals surface area contributed by atoms with Crippen LogP contribution in [0.3, 0.4) is 0 Å². The number of nitrogens with one attached hydrogen (secondary N) is 1. The summed E-state index contributed by atoms with van der Waals surface area (Å²) in [4.78, 5) is 30.3. The lowest BCUT2D eigenvalue weighted by Gasteiger charge is -2.09. The Kier molecular flexibility index (Phi) is 3.59. The van der Waals surface area contributed by atoms with Crippen LogP contribution in [0, 0.1) is 0 Å². The third-order valence-electron chi connectivity index (χ3n) is 3.95. The van der Waals surface area contributed by atoms with E-state index >= 15 is 0 Å². The van der Waals surface area contributed by atoms with E-state index in [2.05, 4.69) is 10.3 Å². The normalized spacial score (nSPS) is 17.8. The maximum Gasteiger partial charge on any atom is 0.266 e. The van der Waals surface area contributed by atoms with Crippen molar-refractivity contribution in [2.75, 3.05) is 13.2 Å². The van der Waals surface area contributed by atoms with Crippen molar-refractivity contribution in [3.05, 3.63) is 45.7 Å². The number of rotatable bonds is 3. The molecule has 3 aromatic rings. The molecule has 0 unspecified atom stereocenters. The molecule has 4 heterocycles. The number of thiophene rings is 1. The monoisotopic (exact) mass is 329 g/mol. The summed E-state index contributed by atoms with van der Waals surface area (Å²) in [5.41, 5.74) is 0.429. The number of nitrogens with zero attached hydrogens (tertiary/aromatic N) is 2. The lowest BCUT2D eigenvalue weighted by atomic mass is 10.2. The Morgan fingerprint density at radius 1 is 1.48 bits per heavy atom. The zero-order valence-electron chi connectivity index (χ0n) is 12.3. The molecule has 118 valence electrons. The number of pyridine rings is 1. The van der Waals surface area contributed by atoms with Gasteiger partial charge in [0, 0.05) is 19.3 Å². The van der Waals surface area contributed by atoms with E-state index in [0.717, 1.165) is 19.4 Å². The fourth-order valence-electron chi connectivity index (χ4n) is 2.76. The number of amides is 1. The van der Waals surface area contributed by atoms with Crippen molar-refractivity contribution in [3.8, 4) is 0 Å². The summed E-state index contributed by atoms with van der Waals surface area (Å²) < 4.78 is 6.98. The summed E-state index contributed by atoms with van der Waals surface area (Å²) >= 11 is 1.24. The SMILES string of the molecule is O=C(NC[C@@H]1CCCO1)c1cc2c(=O)n3ccccc3nc2s1. The van der Waals surface area contributed by atoms with Gasteiger partial charge in [-0.05, 0) is 31.0 Å². The third-order valence-corrected chi connectivity index (χ3v) is 4.98. The standard InChI is InChI=1S/C16H15N3O3S/c20-14(17-9-10-4-3-7-22-10)12-8-11-15(23-12)18-13-5-1-2-6-19(13)16(11)21/h1-2,5-6,8,10H,3-4,7,9H2,(H,17,20)/t10-/m0/s1. The summed E-state index contributed by atoms with van der Waals surface area (Å²) in [5, 5.41) is 3.35. The number of hydrogen-bond acceptors (Lipinski definition) is 5. The highest BCUT2D eigenvalue weighted by Crippen LogP contribution is 2.22. The molecule has 1 fully saturated rings. The third kappa shape index (κ3) is 2.62. The van der Waals surface area contributed by atoms with Crippen molar-refractivity contribution < 1.29 is 9.53 Å². The Hall–Kier alpha value is -2.25. The van der Waals surface area contributed by atoms with Crippen LogP contribution in [0.25, 0.3) is 15.9 Å². The van der Waals surface area contributed by atoms with Crippen molar-refractivity contribution >= 4 is 33.1 Å². The molecule has 6 nitrogen and oxygen atoms in total. The molecule has 0 aromatic carbocycles. The van der Waals surface area contributed by atoms with Crippen molar-refractivity contribution in [1.29, 1.82) is 0 Å². The lowest BCUT2D eigenvalue weighted by Crippen LogP contribution is -2.31. The Labute approximate surface area is 135 Å². The maximum absolute atomic E-state index is 12.5. The molecule has 0 bridgehead atoms. The van der Waals surface area contributed by atoms with E-state index in [4.69, 9.17) is 4.74 Å². The molecule has 7 heteroatoms. The molecule has 0 saturated carbocycles. The summed E-state index contributed by atoms with van der Waals surface area (Å²) in [6.45, 7) is 1.26. The highest BCUT2D eigenvalue weighted by atomic mass is 32.1. The number of fused-ring (bicyclic) bond motifs is 2.